The molecule has 0 aliphatic carbocycles. The standard InChI is InChI=1S/C10H19N3/c1-4-11-9(2)6-8-13-10(3)5-7-12-13/h5,7,9,11H,4,6,8H2,1-3H3. The largest absolute Gasteiger partial charge is 0.314 e. The van der Waals surface area contributed by atoms with Gasteiger partial charge in [-0.05, 0) is 32.9 Å². The first-order chi connectivity index (χ1) is 6.24. The molecule has 1 rings (SSSR count). The molecule has 0 aliphatic heterocycles. The molecule has 1 unspecified atom stereocenters. The van der Waals surface area contributed by atoms with Crippen LogP contribution in [0.3, 0.4) is 0 Å². The Labute approximate surface area is 80.1 Å². The molecule has 74 valence electrons. The highest BCUT2D eigenvalue weighted by Crippen LogP contribution is 1.99. The lowest BCUT2D eigenvalue weighted by molar-refractivity contribution is 0.463. The van der Waals surface area contributed by atoms with Crippen LogP contribution >= 0.6 is 0 Å². The van der Waals surface area contributed by atoms with Gasteiger partial charge in [-0.25, -0.2) is 0 Å². The Bertz CT molecular complexity index is 242. The molecule has 0 radical (unpaired) electrons. The average molecular weight is 181 g/mol. The van der Waals surface area contributed by atoms with Crippen molar-refractivity contribution in [1.82, 2.24) is 15.1 Å². The van der Waals surface area contributed by atoms with Crippen LogP contribution < -0.4 is 5.32 Å². The highest BCUT2D eigenvalue weighted by molar-refractivity contribution is 4.96. The van der Waals surface area contributed by atoms with Gasteiger partial charge in [-0.3, -0.25) is 4.68 Å². The quantitative estimate of drug-likeness (QED) is 0.747. The van der Waals surface area contributed by atoms with Crippen LogP contribution in [-0.4, -0.2) is 22.4 Å². The van der Waals surface area contributed by atoms with Crippen molar-refractivity contribution in [3.05, 3.63) is 18.0 Å². The second-order valence-corrected chi connectivity index (χ2v) is 3.44. The minimum absolute atomic E-state index is 0.577. The van der Waals surface area contributed by atoms with Crippen LogP contribution in [0.2, 0.25) is 0 Å². The van der Waals surface area contributed by atoms with E-state index in [2.05, 4.69) is 31.2 Å². The summed E-state index contributed by atoms with van der Waals surface area (Å²) in [6.45, 7) is 8.48. The zero-order valence-corrected chi connectivity index (χ0v) is 8.75. The molecule has 0 bridgehead atoms. The molecule has 1 heterocycles. The highest BCUT2D eigenvalue weighted by Gasteiger charge is 2.01. The molecule has 3 heteroatoms. The Kier molecular flexibility index (Phi) is 3.96. The van der Waals surface area contributed by atoms with Gasteiger partial charge in [0.15, 0.2) is 0 Å². The van der Waals surface area contributed by atoms with E-state index in [9.17, 15) is 0 Å². The fourth-order valence-electron chi connectivity index (χ4n) is 1.40. The summed E-state index contributed by atoms with van der Waals surface area (Å²) in [5.74, 6) is 0. The molecule has 0 spiro atoms. The van der Waals surface area contributed by atoms with Crippen LogP contribution in [0.25, 0.3) is 0 Å². The zero-order valence-electron chi connectivity index (χ0n) is 8.75. The van der Waals surface area contributed by atoms with Crippen molar-refractivity contribution >= 4 is 0 Å². The maximum atomic E-state index is 4.24. The van der Waals surface area contributed by atoms with Crippen molar-refractivity contribution in [2.75, 3.05) is 6.54 Å². The SMILES string of the molecule is CCNC(C)CCn1nccc1C. The third-order valence-corrected chi connectivity index (χ3v) is 2.26. The molecule has 1 atom stereocenters. The number of hydrogen-bond acceptors (Lipinski definition) is 2. The Hall–Kier alpha value is -0.830. The number of aryl methyl sites for hydroxylation is 2. The molecule has 1 aromatic rings. The van der Waals surface area contributed by atoms with Gasteiger partial charge < -0.3 is 5.32 Å². The van der Waals surface area contributed by atoms with Crippen molar-refractivity contribution in [1.29, 1.82) is 0 Å². The predicted molar refractivity (Wildman–Crippen MR) is 54.7 cm³/mol. The van der Waals surface area contributed by atoms with Gasteiger partial charge in [-0.2, -0.15) is 5.10 Å². The van der Waals surface area contributed by atoms with Crippen LogP contribution in [0.4, 0.5) is 0 Å². The lowest BCUT2D eigenvalue weighted by Gasteiger charge is -2.12. The second kappa shape index (κ2) is 5.02. The van der Waals surface area contributed by atoms with Crippen molar-refractivity contribution in [2.24, 2.45) is 0 Å². The van der Waals surface area contributed by atoms with E-state index in [4.69, 9.17) is 0 Å². The minimum atomic E-state index is 0.577. The molecular formula is C10H19N3. The van der Waals surface area contributed by atoms with Crippen molar-refractivity contribution in [2.45, 2.75) is 39.8 Å². The summed E-state index contributed by atoms with van der Waals surface area (Å²) in [5.41, 5.74) is 1.24. The Morgan fingerprint density at radius 2 is 2.38 bits per heavy atom. The number of nitrogens with zero attached hydrogens (tertiary/aromatic N) is 2. The summed E-state index contributed by atoms with van der Waals surface area (Å²) in [7, 11) is 0. The molecule has 0 fully saturated rings. The zero-order chi connectivity index (χ0) is 9.68. The molecule has 0 aliphatic rings. The van der Waals surface area contributed by atoms with E-state index in [0.717, 1.165) is 19.5 Å². The molecule has 0 saturated heterocycles. The van der Waals surface area contributed by atoms with Crippen LogP contribution in [0, 0.1) is 6.92 Å². The third-order valence-electron chi connectivity index (χ3n) is 2.26. The summed E-state index contributed by atoms with van der Waals surface area (Å²) in [6.07, 6.45) is 2.99. The first kappa shape index (κ1) is 10.3. The fourth-order valence-corrected chi connectivity index (χ4v) is 1.40. The normalized spacial score (nSPS) is 13.2. The van der Waals surface area contributed by atoms with Crippen LogP contribution in [0.15, 0.2) is 12.3 Å². The predicted octanol–water partition coefficient (Wildman–Crippen LogP) is 1.58. The van der Waals surface area contributed by atoms with Crippen molar-refractivity contribution in [3.8, 4) is 0 Å². The monoisotopic (exact) mass is 181 g/mol. The molecule has 1 aromatic heterocycles. The molecule has 3 nitrogen and oxygen atoms in total. The van der Waals surface area contributed by atoms with E-state index in [-0.39, 0.29) is 0 Å². The van der Waals surface area contributed by atoms with E-state index in [0.29, 0.717) is 6.04 Å². The molecule has 1 N–H and O–H groups in total. The summed E-state index contributed by atoms with van der Waals surface area (Å²) < 4.78 is 2.05. The fraction of sp³-hybridized carbons (Fsp3) is 0.700. The second-order valence-electron chi connectivity index (χ2n) is 3.44. The average Bonchev–Trinajstić information content (AvgIpc) is 2.48. The maximum absolute atomic E-state index is 4.24. The van der Waals surface area contributed by atoms with Crippen LogP contribution in [-0.2, 0) is 6.54 Å². The Morgan fingerprint density at radius 1 is 1.62 bits per heavy atom. The number of aromatic nitrogens is 2. The van der Waals surface area contributed by atoms with Gasteiger partial charge in [-0.15, -0.1) is 0 Å². The van der Waals surface area contributed by atoms with Gasteiger partial charge >= 0.3 is 0 Å². The van der Waals surface area contributed by atoms with E-state index in [1.165, 1.54) is 5.69 Å². The number of rotatable bonds is 5. The molecule has 0 aromatic carbocycles. The van der Waals surface area contributed by atoms with Gasteiger partial charge in [0.1, 0.15) is 0 Å². The van der Waals surface area contributed by atoms with Crippen molar-refractivity contribution < 1.29 is 0 Å². The first-order valence-corrected chi connectivity index (χ1v) is 4.95. The summed E-state index contributed by atoms with van der Waals surface area (Å²) in [4.78, 5) is 0. The van der Waals surface area contributed by atoms with E-state index < -0.39 is 0 Å². The van der Waals surface area contributed by atoms with Gasteiger partial charge in [0.05, 0.1) is 0 Å². The van der Waals surface area contributed by atoms with E-state index in [1.807, 2.05) is 16.9 Å². The lowest BCUT2D eigenvalue weighted by atomic mass is 10.2. The van der Waals surface area contributed by atoms with E-state index >= 15 is 0 Å². The molecule has 0 saturated carbocycles. The highest BCUT2D eigenvalue weighted by atomic mass is 15.3. The molecule has 13 heavy (non-hydrogen) atoms. The first-order valence-electron chi connectivity index (χ1n) is 4.95. The number of hydrogen-bond donors (Lipinski definition) is 1. The minimum Gasteiger partial charge on any atom is -0.314 e. The molecular weight excluding hydrogens is 162 g/mol. The molecule has 0 amide bonds. The topological polar surface area (TPSA) is 29.9 Å². The maximum Gasteiger partial charge on any atom is 0.0492 e. The van der Waals surface area contributed by atoms with Gasteiger partial charge in [0.25, 0.3) is 0 Å². The Balaban J connectivity index is 2.30. The number of nitrogens with one attached hydrogen (secondary N) is 1. The lowest BCUT2D eigenvalue weighted by Crippen LogP contribution is -2.27. The van der Waals surface area contributed by atoms with Crippen LogP contribution in [0.1, 0.15) is 26.0 Å². The summed E-state index contributed by atoms with van der Waals surface area (Å²) in [5, 5.41) is 7.62. The third kappa shape index (κ3) is 3.19. The van der Waals surface area contributed by atoms with Crippen molar-refractivity contribution in [3.63, 3.8) is 0 Å². The summed E-state index contributed by atoms with van der Waals surface area (Å²) >= 11 is 0. The van der Waals surface area contributed by atoms with Crippen LogP contribution in [0.5, 0.6) is 0 Å². The van der Waals surface area contributed by atoms with Gasteiger partial charge in [0.2, 0.25) is 0 Å². The van der Waals surface area contributed by atoms with Gasteiger partial charge in [0, 0.05) is 24.5 Å². The van der Waals surface area contributed by atoms with Gasteiger partial charge in [-0.1, -0.05) is 6.92 Å². The summed E-state index contributed by atoms with van der Waals surface area (Å²) in [6, 6.07) is 2.62. The smallest absolute Gasteiger partial charge is 0.0492 e. The Morgan fingerprint density at radius 3 is 2.92 bits per heavy atom. The van der Waals surface area contributed by atoms with E-state index in [1.54, 1.807) is 0 Å².